The van der Waals surface area contributed by atoms with Crippen molar-refractivity contribution < 1.29 is 8.42 Å². The van der Waals surface area contributed by atoms with Crippen LogP contribution >= 0.6 is 11.6 Å². The van der Waals surface area contributed by atoms with Crippen molar-refractivity contribution in [1.82, 2.24) is 18.7 Å². The summed E-state index contributed by atoms with van der Waals surface area (Å²) >= 11 is 5.94. The summed E-state index contributed by atoms with van der Waals surface area (Å²) in [5, 5.41) is 4.90. The molecule has 0 aliphatic carbocycles. The van der Waals surface area contributed by atoms with Crippen molar-refractivity contribution in [3.63, 3.8) is 0 Å². The average Bonchev–Trinajstić information content (AvgIpc) is 2.71. The van der Waals surface area contributed by atoms with Gasteiger partial charge in [0.25, 0.3) is 0 Å². The molecule has 7 nitrogen and oxygen atoms in total. The first-order chi connectivity index (χ1) is 12.2. The smallest absolute Gasteiger partial charge is 0.278 e. The summed E-state index contributed by atoms with van der Waals surface area (Å²) in [4.78, 5) is 12.7. The van der Waals surface area contributed by atoms with Crippen molar-refractivity contribution >= 4 is 21.6 Å². The number of aryl methyl sites for hydroxylation is 1. The molecule has 1 aliphatic heterocycles. The zero-order chi connectivity index (χ0) is 19.1. The predicted molar refractivity (Wildman–Crippen MR) is 100.0 cm³/mol. The molecule has 0 saturated carbocycles. The van der Waals surface area contributed by atoms with E-state index >= 15 is 0 Å². The quantitative estimate of drug-likeness (QED) is 0.788. The van der Waals surface area contributed by atoms with Gasteiger partial charge in [0.15, 0.2) is 0 Å². The van der Waals surface area contributed by atoms with Crippen LogP contribution in [0, 0.1) is 12.8 Å². The van der Waals surface area contributed by atoms with Gasteiger partial charge in [0.2, 0.25) is 10.0 Å². The standard InChI is InChI=1S/C17H23ClN4O3S/c1-12(2)11-22-17(23)21-9-8-20(7-6-16(21)19-22)26(24,25)15-5-4-14(18)10-13(15)3/h4-5,10,12H,6-9,11H2,1-3H3. The highest BCUT2D eigenvalue weighted by atomic mass is 35.5. The van der Waals surface area contributed by atoms with E-state index in [0.29, 0.717) is 48.4 Å². The molecule has 0 bridgehead atoms. The summed E-state index contributed by atoms with van der Waals surface area (Å²) < 4.78 is 30.5. The topological polar surface area (TPSA) is 77.2 Å². The van der Waals surface area contributed by atoms with Crippen molar-refractivity contribution in [3.8, 4) is 0 Å². The summed E-state index contributed by atoms with van der Waals surface area (Å²) in [6.45, 7) is 7.18. The lowest BCUT2D eigenvalue weighted by Crippen LogP contribution is -2.35. The normalized spacial score (nSPS) is 15.9. The number of fused-ring (bicyclic) bond motifs is 1. The number of nitrogens with zero attached hydrogens (tertiary/aromatic N) is 4. The van der Waals surface area contributed by atoms with Gasteiger partial charge in [0.05, 0.1) is 4.90 Å². The first-order valence-corrected chi connectivity index (χ1v) is 10.4. The van der Waals surface area contributed by atoms with Crippen LogP contribution in [0.3, 0.4) is 0 Å². The molecule has 0 saturated heterocycles. The Bertz CT molecular complexity index is 978. The summed E-state index contributed by atoms with van der Waals surface area (Å²) in [7, 11) is -3.65. The van der Waals surface area contributed by atoms with E-state index < -0.39 is 10.0 Å². The zero-order valence-corrected chi connectivity index (χ0v) is 16.7. The number of hydrogen-bond donors (Lipinski definition) is 0. The van der Waals surface area contributed by atoms with Crippen LogP contribution < -0.4 is 5.69 Å². The van der Waals surface area contributed by atoms with Crippen molar-refractivity contribution in [2.24, 2.45) is 5.92 Å². The minimum atomic E-state index is -3.65. The number of sulfonamides is 1. The molecular weight excluding hydrogens is 376 g/mol. The number of benzene rings is 1. The maximum Gasteiger partial charge on any atom is 0.345 e. The van der Waals surface area contributed by atoms with Gasteiger partial charge in [-0.15, -0.1) is 0 Å². The van der Waals surface area contributed by atoms with Crippen molar-refractivity contribution in [3.05, 3.63) is 45.1 Å². The molecule has 0 unspecified atom stereocenters. The van der Waals surface area contributed by atoms with Gasteiger partial charge in [-0.05, 0) is 36.6 Å². The van der Waals surface area contributed by atoms with Crippen LogP contribution in [0.2, 0.25) is 5.02 Å². The van der Waals surface area contributed by atoms with Gasteiger partial charge >= 0.3 is 5.69 Å². The number of rotatable bonds is 4. The fourth-order valence-corrected chi connectivity index (χ4v) is 5.05. The molecule has 0 radical (unpaired) electrons. The summed E-state index contributed by atoms with van der Waals surface area (Å²) in [5.41, 5.74) is 0.439. The fourth-order valence-electron chi connectivity index (χ4n) is 3.19. The van der Waals surface area contributed by atoms with Crippen LogP contribution in [0.1, 0.15) is 25.2 Å². The summed E-state index contributed by atoms with van der Waals surface area (Å²) in [6, 6.07) is 4.75. The first kappa shape index (κ1) is 19.1. The van der Waals surface area contributed by atoms with Gasteiger partial charge in [-0.1, -0.05) is 25.4 Å². The van der Waals surface area contributed by atoms with Crippen molar-refractivity contribution in [2.45, 2.75) is 45.2 Å². The Labute approximate surface area is 158 Å². The molecular formula is C17H23ClN4O3S. The predicted octanol–water partition coefficient (Wildman–Crippen LogP) is 1.91. The molecule has 1 aromatic heterocycles. The highest BCUT2D eigenvalue weighted by Crippen LogP contribution is 2.24. The number of halogens is 1. The lowest BCUT2D eigenvalue weighted by atomic mass is 10.2. The Balaban J connectivity index is 1.86. The van der Waals surface area contributed by atoms with E-state index in [-0.39, 0.29) is 17.1 Å². The Morgan fingerprint density at radius 1 is 1.23 bits per heavy atom. The van der Waals surface area contributed by atoms with E-state index in [9.17, 15) is 13.2 Å². The molecule has 1 aliphatic rings. The van der Waals surface area contributed by atoms with Crippen LogP contribution in [-0.4, -0.2) is 40.2 Å². The second-order valence-corrected chi connectivity index (χ2v) is 9.33. The molecule has 142 valence electrons. The third kappa shape index (κ3) is 3.58. The molecule has 2 aromatic rings. The van der Waals surface area contributed by atoms with Gasteiger partial charge in [0.1, 0.15) is 5.82 Å². The molecule has 1 aromatic carbocycles. The van der Waals surface area contributed by atoms with Gasteiger partial charge in [-0.2, -0.15) is 9.40 Å². The Kier molecular flexibility index (Phi) is 5.28. The second-order valence-electron chi connectivity index (χ2n) is 6.99. The molecule has 0 spiro atoms. The van der Waals surface area contributed by atoms with E-state index in [2.05, 4.69) is 5.10 Å². The van der Waals surface area contributed by atoms with Crippen molar-refractivity contribution in [2.75, 3.05) is 13.1 Å². The largest absolute Gasteiger partial charge is 0.345 e. The second kappa shape index (κ2) is 7.17. The van der Waals surface area contributed by atoms with Crippen LogP contribution in [0.15, 0.2) is 27.9 Å². The monoisotopic (exact) mass is 398 g/mol. The SMILES string of the molecule is Cc1cc(Cl)ccc1S(=O)(=O)N1CCc2nn(CC(C)C)c(=O)n2CC1. The number of hydrogen-bond acceptors (Lipinski definition) is 4. The van der Waals surface area contributed by atoms with Crippen LogP contribution in [0.4, 0.5) is 0 Å². The van der Waals surface area contributed by atoms with Crippen LogP contribution in [-0.2, 0) is 29.5 Å². The van der Waals surface area contributed by atoms with E-state index in [1.807, 2.05) is 13.8 Å². The molecule has 0 amide bonds. The third-order valence-electron chi connectivity index (χ3n) is 4.45. The van der Waals surface area contributed by atoms with Crippen LogP contribution in [0.5, 0.6) is 0 Å². The highest BCUT2D eigenvalue weighted by molar-refractivity contribution is 7.89. The molecule has 9 heteroatoms. The van der Waals surface area contributed by atoms with Gasteiger partial charge < -0.3 is 0 Å². The fraction of sp³-hybridized carbons (Fsp3) is 0.529. The summed E-state index contributed by atoms with van der Waals surface area (Å²) in [6.07, 6.45) is 0.409. The van der Waals surface area contributed by atoms with E-state index in [4.69, 9.17) is 11.6 Å². The Morgan fingerprint density at radius 2 is 1.96 bits per heavy atom. The third-order valence-corrected chi connectivity index (χ3v) is 6.74. The Hall–Kier alpha value is -1.64. The maximum atomic E-state index is 13.0. The summed E-state index contributed by atoms with van der Waals surface area (Å²) in [5.74, 6) is 0.956. The van der Waals surface area contributed by atoms with Gasteiger partial charge in [-0.25, -0.2) is 17.9 Å². The highest BCUT2D eigenvalue weighted by Gasteiger charge is 2.29. The zero-order valence-electron chi connectivity index (χ0n) is 15.1. The van der Waals surface area contributed by atoms with Gasteiger partial charge in [-0.3, -0.25) is 4.57 Å². The number of aromatic nitrogens is 3. The lowest BCUT2D eigenvalue weighted by Gasteiger charge is -2.21. The van der Waals surface area contributed by atoms with Crippen molar-refractivity contribution in [1.29, 1.82) is 0 Å². The van der Waals surface area contributed by atoms with E-state index in [1.54, 1.807) is 23.6 Å². The molecule has 26 heavy (non-hydrogen) atoms. The van der Waals surface area contributed by atoms with Crippen LogP contribution in [0.25, 0.3) is 0 Å². The maximum absolute atomic E-state index is 13.0. The molecule has 0 atom stereocenters. The molecule has 0 N–H and O–H groups in total. The Morgan fingerprint density at radius 3 is 2.62 bits per heavy atom. The first-order valence-electron chi connectivity index (χ1n) is 8.63. The average molecular weight is 399 g/mol. The lowest BCUT2D eigenvalue weighted by molar-refractivity contribution is 0.405. The molecule has 2 heterocycles. The van der Waals surface area contributed by atoms with E-state index in [1.165, 1.54) is 15.1 Å². The molecule has 0 fully saturated rings. The minimum Gasteiger partial charge on any atom is -0.278 e. The van der Waals surface area contributed by atoms with Gasteiger partial charge in [0, 0.05) is 37.6 Å². The van der Waals surface area contributed by atoms with E-state index in [0.717, 1.165) is 0 Å². The minimum absolute atomic E-state index is 0.171. The molecule has 3 rings (SSSR count).